The zero-order valence-corrected chi connectivity index (χ0v) is 10.1. The molecule has 1 aliphatic carbocycles. The van der Waals surface area contributed by atoms with Gasteiger partial charge >= 0.3 is 0 Å². The van der Waals surface area contributed by atoms with Gasteiger partial charge in [-0.05, 0) is 24.8 Å². The van der Waals surface area contributed by atoms with E-state index in [2.05, 4.69) is 0 Å². The molecule has 0 fully saturated rings. The Kier molecular flexibility index (Phi) is 3.60. The third kappa shape index (κ3) is 2.13. The van der Waals surface area contributed by atoms with Crippen LogP contribution < -0.4 is 0 Å². The highest BCUT2D eigenvalue weighted by molar-refractivity contribution is 6.05. The zero-order chi connectivity index (χ0) is 12.3. The SMILES string of the molecule is COC[C@@]1(CCCO)Cc2ccccc2C1=O. The summed E-state index contributed by atoms with van der Waals surface area (Å²) in [6.07, 6.45) is 2.06. The Balaban J connectivity index is 2.29. The van der Waals surface area contributed by atoms with E-state index in [0.29, 0.717) is 19.4 Å². The lowest BCUT2D eigenvalue weighted by atomic mass is 9.80. The third-order valence-electron chi connectivity index (χ3n) is 3.51. The molecule has 0 amide bonds. The van der Waals surface area contributed by atoms with Crippen molar-refractivity contribution in [3.63, 3.8) is 0 Å². The van der Waals surface area contributed by atoms with Crippen LogP contribution in [-0.4, -0.2) is 31.2 Å². The molecule has 3 heteroatoms. The molecule has 0 radical (unpaired) electrons. The molecule has 1 N–H and O–H groups in total. The Morgan fingerprint density at radius 3 is 2.82 bits per heavy atom. The monoisotopic (exact) mass is 234 g/mol. The second kappa shape index (κ2) is 4.98. The molecule has 1 aliphatic rings. The van der Waals surface area contributed by atoms with E-state index in [1.807, 2.05) is 24.3 Å². The first-order valence-electron chi connectivity index (χ1n) is 5.96. The Bertz CT molecular complexity index is 414. The van der Waals surface area contributed by atoms with Crippen molar-refractivity contribution in [3.8, 4) is 0 Å². The van der Waals surface area contributed by atoms with Crippen LogP contribution in [0.3, 0.4) is 0 Å². The summed E-state index contributed by atoms with van der Waals surface area (Å²) in [5, 5.41) is 8.96. The molecule has 1 atom stereocenters. The summed E-state index contributed by atoms with van der Waals surface area (Å²) < 4.78 is 5.23. The summed E-state index contributed by atoms with van der Waals surface area (Å²) in [4.78, 5) is 12.5. The first-order valence-corrected chi connectivity index (χ1v) is 5.96. The molecule has 0 saturated heterocycles. The molecule has 17 heavy (non-hydrogen) atoms. The number of benzene rings is 1. The third-order valence-corrected chi connectivity index (χ3v) is 3.51. The van der Waals surface area contributed by atoms with Gasteiger partial charge in [0.2, 0.25) is 0 Å². The van der Waals surface area contributed by atoms with Crippen molar-refractivity contribution < 1.29 is 14.6 Å². The molecule has 0 aromatic heterocycles. The van der Waals surface area contributed by atoms with Crippen LogP contribution >= 0.6 is 0 Å². The topological polar surface area (TPSA) is 46.5 Å². The Hall–Kier alpha value is -1.19. The number of fused-ring (bicyclic) bond motifs is 1. The minimum atomic E-state index is -0.457. The molecule has 0 heterocycles. The molecule has 0 spiro atoms. The van der Waals surface area contributed by atoms with E-state index in [-0.39, 0.29) is 12.4 Å². The molecule has 3 nitrogen and oxygen atoms in total. The number of rotatable bonds is 5. The van der Waals surface area contributed by atoms with Gasteiger partial charge in [-0.1, -0.05) is 24.3 Å². The molecule has 0 unspecified atom stereocenters. The van der Waals surface area contributed by atoms with E-state index in [0.717, 1.165) is 17.5 Å². The van der Waals surface area contributed by atoms with Crippen molar-refractivity contribution in [2.75, 3.05) is 20.3 Å². The van der Waals surface area contributed by atoms with Gasteiger partial charge in [-0.25, -0.2) is 0 Å². The van der Waals surface area contributed by atoms with Crippen LogP contribution in [0.25, 0.3) is 0 Å². The lowest BCUT2D eigenvalue weighted by Crippen LogP contribution is -2.33. The van der Waals surface area contributed by atoms with Gasteiger partial charge < -0.3 is 9.84 Å². The smallest absolute Gasteiger partial charge is 0.171 e. The molecule has 0 bridgehead atoms. The van der Waals surface area contributed by atoms with E-state index in [1.165, 1.54) is 0 Å². The Morgan fingerprint density at radius 2 is 2.18 bits per heavy atom. The molecule has 92 valence electrons. The number of hydrogen-bond donors (Lipinski definition) is 1. The molecule has 0 aliphatic heterocycles. The minimum Gasteiger partial charge on any atom is -0.396 e. The largest absolute Gasteiger partial charge is 0.396 e. The number of hydrogen-bond acceptors (Lipinski definition) is 3. The van der Waals surface area contributed by atoms with Gasteiger partial charge in [0, 0.05) is 19.3 Å². The molecule has 2 rings (SSSR count). The Morgan fingerprint density at radius 1 is 1.41 bits per heavy atom. The summed E-state index contributed by atoms with van der Waals surface area (Å²) in [6.45, 7) is 0.551. The first kappa shape index (κ1) is 12.3. The van der Waals surface area contributed by atoms with Crippen molar-refractivity contribution in [2.45, 2.75) is 19.3 Å². The number of aliphatic hydroxyl groups is 1. The van der Waals surface area contributed by atoms with Gasteiger partial charge in [0.25, 0.3) is 0 Å². The summed E-state index contributed by atoms with van der Waals surface area (Å²) in [7, 11) is 1.62. The van der Waals surface area contributed by atoms with E-state index in [4.69, 9.17) is 9.84 Å². The number of ether oxygens (including phenoxy) is 1. The van der Waals surface area contributed by atoms with Gasteiger partial charge in [0.05, 0.1) is 12.0 Å². The van der Waals surface area contributed by atoms with Crippen molar-refractivity contribution >= 4 is 5.78 Å². The second-order valence-electron chi connectivity index (χ2n) is 4.70. The highest BCUT2D eigenvalue weighted by Crippen LogP contribution is 2.40. The molecule has 1 aromatic carbocycles. The van der Waals surface area contributed by atoms with E-state index >= 15 is 0 Å². The Labute approximate surface area is 101 Å². The van der Waals surface area contributed by atoms with Gasteiger partial charge in [-0.2, -0.15) is 0 Å². The number of aliphatic hydroxyl groups excluding tert-OH is 1. The van der Waals surface area contributed by atoms with Crippen LogP contribution in [-0.2, 0) is 11.2 Å². The van der Waals surface area contributed by atoms with Crippen LogP contribution in [0.2, 0.25) is 0 Å². The second-order valence-corrected chi connectivity index (χ2v) is 4.70. The summed E-state index contributed by atoms with van der Waals surface area (Å²) in [6, 6.07) is 7.74. The van der Waals surface area contributed by atoms with Crippen LogP contribution in [0.15, 0.2) is 24.3 Å². The zero-order valence-electron chi connectivity index (χ0n) is 10.1. The maximum Gasteiger partial charge on any atom is 0.171 e. The molecular weight excluding hydrogens is 216 g/mol. The predicted octanol–water partition coefficient (Wildman–Crippen LogP) is 1.83. The molecule has 0 saturated carbocycles. The van der Waals surface area contributed by atoms with Gasteiger partial charge in [-0.3, -0.25) is 4.79 Å². The van der Waals surface area contributed by atoms with Crippen LogP contribution in [0.4, 0.5) is 0 Å². The lowest BCUT2D eigenvalue weighted by Gasteiger charge is -2.26. The average molecular weight is 234 g/mol. The highest BCUT2D eigenvalue weighted by Gasteiger charge is 2.44. The standard InChI is InChI=1S/C14H18O3/c1-17-10-14(7-4-8-15)9-11-5-2-3-6-12(11)13(14)16/h2-3,5-6,15H,4,7-10H2,1H3/t14-/m1/s1. The van der Waals surface area contributed by atoms with Gasteiger partial charge in [-0.15, -0.1) is 0 Å². The van der Waals surface area contributed by atoms with Crippen LogP contribution in [0.1, 0.15) is 28.8 Å². The lowest BCUT2D eigenvalue weighted by molar-refractivity contribution is 0.0510. The maximum absolute atomic E-state index is 12.5. The number of Topliss-reactive ketones (excluding diaryl/α,β-unsaturated/α-hetero) is 1. The van der Waals surface area contributed by atoms with E-state index < -0.39 is 5.41 Å². The minimum absolute atomic E-state index is 0.120. The summed E-state index contributed by atoms with van der Waals surface area (Å²) >= 11 is 0. The first-order chi connectivity index (χ1) is 8.23. The number of ketones is 1. The van der Waals surface area contributed by atoms with Gasteiger partial charge in [0.1, 0.15) is 0 Å². The number of carbonyl (C=O) groups excluding carboxylic acids is 1. The normalized spacial score (nSPS) is 22.8. The van der Waals surface area contributed by atoms with Crippen molar-refractivity contribution in [3.05, 3.63) is 35.4 Å². The van der Waals surface area contributed by atoms with Crippen LogP contribution in [0.5, 0.6) is 0 Å². The predicted molar refractivity (Wildman–Crippen MR) is 65.1 cm³/mol. The van der Waals surface area contributed by atoms with Gasteiger partial charge in [0.15, 0.2) is 5.78 Å². The molecular formula is C14H18O3. The van der Waals surface area contributed by atoms with E-state index in [1.54, 1.807) is 7.11 Å². The quantitative estimate of drug-likeness (QED) is 0.845. The van der Waals surface area contributed by atoms with Crippen molar-refractivity contribution in [1.82, 2.24) is 0 Å². The average Bonchev–Trinajstić information content (AvgIpc) is 2.62. The maximum atomic E-state index is 12.5. The highest BCUT2D eigenvalue weighted by atomic mass is 16.5. The van der Waals surface area contributed by atoms with Crippen molar-refractivity contribution in [1.29, 1.82) is 0 Å². The molecule has 1 aromatic rings. The number of methoxy groups -OCH3 is 1. The fourth-order valence-electron chi connectivity index (χ4n) is 2.71. The van der Waals surface area contributed by atoms with Crippen molar-refractivity contribution in [2.24, 2.45) is 5.41 Å². The summed E-state index contributed by atoms with van der Waals surface area (Å²) in [5.41, 5.74) is 1.47. The fourth-order valence-corrected chi connectivity index (χ4v) is 2.71. The fraction of sp³-hybridized carbons (Fsp3) is 0.500. The van der Waals surface area contributed by atoms with Crippen LogP contribution in [0, 0.1) is 5.41 Å². The number of carbonyl (C=O) groups is 1. The van der Waals surface area contributed by atoms with E-state index in [9.17, 15) is 4.79 Å². The summed E-state index contributed by atoms with van der Waals surface area (Å²) in [5.74, 6) is 0.170.